The molecule has 192 valence electrons. The summed E-state index contributed by atoms with van der Waals surface area (Å²) in [6.45, 7) is 7.07. The largest absolute Gasteiger partial charge is 0.378 e. The second kappa shape index (κ2) is 10.4. The van der Waals surface area contributed by atoms with Crippen LogP contribution in [0.25, 0.3) is 32.7 Å². The fraction of sp³-hybridized carbons (Fsp3) is 0.433. The van der Waals surface area contributed by atoms with E-state index in [1.807, 2.05) is 18.7 Å². The molecule has 1 aliphatic carbocycles. The summed E-state index contributed by atoms with van der Waals surface area (Å²) in [7, 11) is 0. The maximum absolute atomic E-state index is 13.3. The Morgan fingerprint density at radius 2 is 1.81 bits per heavy atom. The molecule has 4 heterocycles. The lowest BCUT2D eigenvalue weighted by Crippen LogP contribution is -2.42. The van der Waals surface area contributed by atoms with Crippen molar-refractivity contribution in [2.45, 2.75) is 58.4 Å². The SMILES string of the molecule is Cc1nc(C)c(-c2ccc3cc(-c4ccc(C5CCCCC5)n4CC(=O)N4CCOCC4)ccc3n2)s1. The molecular formula is C30H34N4O2S. The molecule has 1 saturated heterocycles. The van der Waals surface area contributed by atoms with Gasteiger partial charge in [-0.05, 0) is 68.5 Å². The number of carbonyl (C=O) groups excluding carboxylic acids is 1. The Kier molecular flexibility index (Phi) is 6.82. The average Bonchev–Trinajstić information content (AvgIpc) is 3.51. The number of pyridine rings is 1. The number of rotatable bonds is 5. The minimum Gasteiger partial charge on any atom is -0.378 e. The van der Waals surface area contributed by atoms with Crippen molar-refractivity contribution in [1.29, 1.82) is 0 Å². The number of aromatic nitrogens is 3. The number of morpholine rings is 1. The van der Waals surface area contributed by atoms with Gasteiger partial charge in [0.1, 0.15) is 6.54 Å². The molecule has 0 radical (unpaired) electrons. The highest BCUT2D eigenvalue weighted by Crippen LogP contribution is 2.37. The van der Waals surface area contributed by atoms with Crippen LogP contribution in [-0.2, 0) is 16.1 Å². The van der Waals surface area contributed by atoms with Gasteiger partial charge in [0.05, 0.1) is 40.0 Å². The highest BCUT2D eigenvalue weighted by atomic mass is 32.1. The number of amides is 1. The monoisotopic (exact) mass is 514 g/mol. The summed E-state index contributed by atoms with van der Waals surface area (Å²) in [4.78, 5) is 25.9. The molecule has 6 nitrogen and oxygen atoms in total. The second-order valence-corrected chi connectivity index (χ2v) is 11.5. The second-order valence-electron chi connectivity index (χ2n) is 10.3. The molecule has 1 aromatic carbocycles. The van der Waals surface area contributed by atoms with Crippen LogP contribution in [0.4, 0.5) is 0 Å². The third-order valence-electron chi connectivity index (χ3n) is 7.82. The van der Waals surface area contributed by atoms with Gasteiger partial charge in [0, 0.05) is 29.9 Å². The van der Waals surface area contributed by atoms with Gasteiger partial charge < -0.3 is 14.2 Å². The molecule has 3 aromatic heterocycles. The Hall–Kier alpha value is -3.03. The molecule has 0 N–H and O–H groups in total. The first-order chi connectivity index (χ1) is 18.1. The minimum atomic E-state index is 0.181. The van der Waals surface area contributed by atoms with Crippen LogP contribution in [0.2, 0.25) is 0 Å². The molecule has 1 saturated carbocycles. The Bertz CT molecular complexity index is 1430. The number of hydrogen-bond acceptors (Lipinski definition) is 5. The van der Waals surface area contributed by atoms with Gasteiger partial charge in [-0.25, -0.2) is 9.97 Å². The van der Waals surface area contributed by atoms with Gasteiger partial charge in [-0.2, -0.15) is 0 Å². The van der Waals surface area contributed by atoms with Gasteiger partial charge in [-0.1, -0.05) is 31.4 Å². The standard InChI is InChI=1S/C30H34N4O2S/c1-20-30(37-21(2)31-20)26-11-8-23-18-24(9-10-25(23)32-26)28-13-12-27(22-6-4-3-5-7-22)34(28)19-29(35)33-14-16-36-17-15-33/h8-13,18,22H,3-7,14-17,19H2,1-2H3. The summed E-state index contributed by atoms with van der Waals surface area (Å²) >= 11 is 1.69. The van der Waals surface area contributed by atoms with Gasteiger partial charge in [-0.15, -0.1) is 11.3 Å². The zero-order chi connectivity index (χ0) is 25.4. The molecule has 2 aliphatic rings. The summed E-state index contributed by atoms with van der Waals surface area (Å²) in [5.74, 6) is 0.705. The van der Waals surface area contributed by atoms with Crippen molar-refractivity contribution in [1.82, 2.24) is 19.4 Å². The van der Waals surface area contributed by atoms with E-state index >= 15 is 0 Å². The van der Waals surface area contributed by atoms with Crippen LogP contribution < -0.4 is 0 Å². The molecule has 1 amide bonds. The first-order valence-electron chi connectivity index (χ1n) is 13.5. The molecule has 7 heteroatoms. The summed E-state index contributed by atoms with van der Waals surface area (Å²) in [6.07, 6.45) is 6.26. The normalized spacial score (nSPS) is 17.0. The van der Waals surface area contributed by atoms with E-state index in [1.54, 1.807) is 11.3 Å². The van der Waals surface area contributed by atoms with Crippen molar-refractivity contribution in [3.63, 3.8) is 0 Å². The molecule has 0 bridgehead atoms. The maximum atomic E-state index is 13.3. The molecular weight excluding hydrogens is 480 g/mol. The Balaban J connectivity index is 1.35. The summed E-state index contributed by atoms with van der Waals surface area (Å²) in [5, 5.41) is 2.16. The fourth-order valence-corrected chi connectivity index (χ4v) is 6.78. The van der Waals surface area contributed by atoms with Crippen LogP contribution in [-0.4, -0.2) is 51.6 Å². The predicted octanol–water partition coefficient (Wildman–Crippen LogP) is 6.35. The fourth-order valence-electron chi connectivity index (χ4n) is 5.90. The number of hydrogen-bond donors (Lipinski definition) is 0. The van der Waals surface area contributed by atoms with E-state index < -0.39 is 0 Å². The van der Waals surface area contributed by atoms with E-state index in [0.717, 1.165) is 43.4 Å². The number of aryl methyl sites for hydroxylation is 2. The lowest BCUT2D eigenvalue weighted by atomic mass is 9.87. The van der Waals surface area contributed by atoms with Crippen LogP contribution >= 0.6 is 11.3 Å². The average molecular weight is 515 g/mol. The summed E-state index contributed by atoms with van der Waals surface area (Å²) < 4.78 is 7.76. The molecule has 37 heavy (non-hydrogen) atoms. The number of thiazole rings is 1. The minimum absolute atomic E-state index is 0.181. The van der Waals surface area contributed by atoms with Crippen molar-refractivity contribution < 1.29 is 9.53 Å². The highest BCUT2D eigenvalue weighted by Gasteiger charge is 2.24. The Morgan fingerprint density at radius 1 is 1.00 bits per heavy atom. The zero-order valence-electron chi connectivity index (χ0n) is 21.7. The lowest BCUT2D eigenvalue weighted by Gasteiger charge is -2.29. The third kappa shape index (κ3) is 4.94. The van der Waals surface area contributed by atoms with Gasteiger partial charge in [0.25, 0.3) is 0 Å². The lowest BCUT2D eigenvalue weighted by molar-refractivity contribution is -0.135. The number of carbonyl (C=O) groups is 1. The van der Waals surface area contributed by atoms with E-state index in [0.29, 0.717) is 38.8 Å². The van der Waals surface area contributed by atoms with E-state index in [1.165, 1.54) is 37.8 Å². The topological polar surface area (TPSA) is 60.2 Å². The number of ether oxygens (including phenoxy) is 1. The van der Waals surface area contributed by atoms with E-state index in [2.05, 4.69) is 52.0 Å². The van der Waals surface area contributed by atoms with Crippen LogP contribution in [0, 0.1) is 13.8 Å². The van der Waals surface area contributed by atoms with Crippen molar-refractivity contribution >= 4 is 28.1 Å². The molecule has 2 fully saturated rings. The van der Waals surface area contributed by atoms with Crippen LogP contribution in [0.15, 0.2) is 42.5 Å². The van der Waals surface area contributed by atoms with Crippen LogP contribution in [0.3, 0.4) is 0 Å². The predicted molar refractivity (Wildman–Crippen MR) is 149 cm³/mol. The zero-order valence-corrected chi connectivity index (χ0v) is 22.5. The smallest absolute Gasteiger partial charge is 0.242 e. The van der Waals surface area contributed by atoms with Gasteiger partial charge >= 0.3 is 0 Å². The molecule has 4 aromatic rings. The van der Waals surface area contributed by atoms with E-state index in [9.17, 15) is 4.79 Å². The van der Waals surface area contributed by atoms with Crippen molar-refractivity contribution in [2.24, 2.45) is 0 Å². The van der Waals surface area contributed by atoms with Gasteiger partial charge in [0.2, 0.25) is 5.91 Å². The van der Waals surface area contributed by atoms with Crippen molar-refractivity contribution in [3.8, 4) is 21.8 Å². The summed E-state index contributed by atoms with van der Waals surface area (Å²) in [6, 6.07) is 15.2. The molecule has 6 rings (SSSR count). The van der Waals surface area contributed by atoms with E-state index in [4.69, 9.17) is 9.72 Å². The van der Waals surface area contributed by atoms with Crippen LogP contribution in [0.5, 0.6) is 0 Å². The van der Waals surface area contributed by atoms with Crippen molar-refractivity contribution in [2.75, 3.05) is 26.3 Å². The first kappa shape index (κ1) is 24.3. The summed E-state index contributed by atoms with van der Waals surface area (Å²) in [5.41, 5.74) is 6.53. The first-order valence-corrected chi connectivity index (χ1v) is 14.3. The molecule has 0 atom stereocenters. The Labute approximate surface area is 222 Å². The van der Waals surface area contributed by atoms with Gasteiger partial charge in [0.15, 0.2) is 0 Å². The van der Waals surface area contributed by atoms with E-state index in [-0.39, 0.29) is 5.91 Å². The highest BCUT2D eigenvalue weighted by molar-refractivity contribution is 7.15. The van der Waals surface area contributed by atoms with Crippen LogP contribution in [0.1, 0.15) is 54.4 Å². The third-order valence-corrected chi connectivity index (χ3v) is 8.91. The quantitative estimate of drug-likeness (QED) is 0.311. The Morgan fingerprint density at radius 3 is 2.57 bits per heavy atom. The van der Waals surface area contributed by atoms with Crippen molar-refractivity contribution in [3.05, 3.63) is 58.9 Å². The molecule has 0 spiro atoms. The maximum Gasteiger partial charge on any atom is 0.242 e. The number of nitrogens with zero attached hydrogens (tertiary/aromatic N) is 4. The molecule has 0 unspecified atom stereocenters. The van der Waals surface area contributed by atoms with Gasteiger partial charge in [-0.3, -0.25) is 4.79 Å². The molecule has 1 aliphatic heterocycles. The number of fused-ring (bicyclic) bond motifs is 1. The number of benzene rings is 1.